The summed E-state index contributed by atoms with van der Waals surface area (Å²) >= 11 is 0. The van der Waals surface area contributed by atoms with Crippen LogP contribution in [0.4, 0.5) is 4.79 Å². The quantitative estimate of drug-likeness (QED) is 0.721. The van der Waals surface area contributed by atoms with Crippen molar-refractivity contribution in [2.45, 2.75) is 46.1 Å². The first-order chi connectivity index (χ1) is 8.19. The molecule has 0 radical (unpaired) electrons. The molecule has 0 bridgehead atoms. The van der Waals surface area contributed by atoms with E-state index in [1.165, 1.54) is 11.8 Å². The molecule has 1 rings (SSSR count). The van der Waals surface area contributed by atoms with E-state index in [0.717, 1.165) is 0 Å². The molecule has 0 spiro atoms. The van der Waals surface area contributed by atoms with Gasteiger partial charge in [0.1, 0.15) is 17.2 Å². The van der Waals surface area contributed by atoms with Crippen LogP contribution < -0.4 is 0 Å². The molecule has 5 heteroatoms. The van der Waals surface area contributed by atoms with Gasteiger partial charge in [0.05, 0.1) is 6.42 Å². The Bertz CT molecular complexity index is 356. The molecule has 5 nitrogen and oxygen atoms in total. The van der Waals surface area contributed by atoms with Gasteiger partial charge in [-0.15, -0.1) is 0 Å². The summed E-state index contributed by atoms with van der Waals surface area (Å²) in [6.45, 7) is 7.70. The molecule has 0 N–H and O–H groups in total. The summed E-state index contributed by atoms with van der Waals surface area (Å²) in [4.78, 5) is 35.9. The van der Waals surface area contributed by atoms with Gasteiger partial charge < -0.3 is 9.64 Å². The monoisotopic (exact) mass is 255 g/mol. The predicted molar refractivity (Wildman–Crippen MR) is 66.2 cm³/mol. The van der Waals surface area contributed by atoms with Crippen LogP contribution in [-0.2, 0) is 14.3 Å². The normalized spacial score (nSPS) is 19.8. The molecule has 1 atom stereocenters. The number of ether oxygens (including phenoxy) is 1. The van der Waals surface area contributed by atoms with Crippen LogP contribution in [0.25, 0.3) is 0 Å². The van der Waals surface area contributed by atoms with Gasteiger partial charge in [-0.1, -0.05) is 0 Å². The van der Waals surface area contributed by atoms with Crippen LogP contribution in [0.3, 0.4) is 0 Å². The zero-order valence-corrected chi connectivity index (χ0v) is 11.5. The van der Waals surface area contributed by atoms with Crippen molar-refractivity contribution < 1.29 is 19.1 Å². The van der Waals surface area contributed by atoms with E-state index in [4.69, 9.17) is 4.74 Å². The van der Waals surface area contributed by atoms with Gasteiger partial charge in [0.15, 0.2) is 0 Å². The second-order valence-electron chi connectivity index (χ2n) is 5.76. The minimum atomic E-state index is -0.529. The zero-order chi connectivity index (χ0) is 13.9. The number of nitrogens with zero attached hydrogens (tertiary/aromatic N) is 1. The molecular formula is C13H21NO4. The summed E-state index contributed by atoms with van der Waals surface area (Å²) in [5.74, 6) is -0.425. The lowest BCUT2D eigenvalue weighted by Crippen LogP contribution is -2.36. The van der Waals surface area contributed by atoms with Crippen molar-refractivity contribution >= 4 is 17.7 Å². The highest BCUT2D eigenvalue weighted by molar-refractivity contribution is 5.99. The highest BCUT2D eigenvalue weighted by atomic mass is 16.6. The SMILES string of the molecule is CC(=O)CC(=O)C1CCN(C(=O)OC(C)(C)C)C1. The first-order valence-corrected chi connectivity index (χ1v) is 6.19. The fourth-order valence-electron chi connectivity index (χ4n) is 1.91. The molecule has 18 heavy (non-hydrogen) atoms. The Kier molecular flexibility index (Phi) is 4.48. The number of amides is 1. The highest BCUT2D eigenvalue weighted by Crippen LogP contribution is 2.21. The molecule has 1 aliphatic heterocycles. The number of likely N-dealkylation sites (tertiary alicyclic amines) is 1. The third-order valence-electron chi connectivity index (χ3n) is 2.72. The number of Topliss-reactive ketones (excluding diaryl/α,β-unsaturated/α-hetero) is 2. The number of hydrogen-bond acceptors (Lipinski definition) is 4. The molecule has 0 aromatic rings. The largest absolute Gasteiger partial charge is 0.444 e. The summed E-state index contributed by atoms with van der Waals surface area (Å²) in [7, 11) is 0. The zero-order valence-electron chi connectivity index (χ0n) is 11.5. The third-order valence-corrected chi connectivity index (χ3v) is 2.72. The molecule has 1 heterocycles. The van der Waals surface area contributed by atoms with E-state index >= 15 is 0 Å². The first kappa shape index (κ1) is 14.7. The second kappa shape index (κ2) is 5.50. The van der Waals surface area contributed by atoms with Crippen molar-refractivity contribution in [1.82, 2.24) is 4.90 Å². The Morgan fingerprint density at radius 1 is 1.28 bits per heavy atom. The van der Waals surface area contributed by atoms with E-state index in [-0.39, 0.29) is 30.0 Å². The maximum atomic E-state index is 11.8. The molecule has 1 fully saturated rings. The third kappa shape index (κ3) is 4.47. The molecule has 1 amide bonds. The van der Waals surface area contributed by atoms with E-state index in [9.17, 15) is 14.4 Å². The summed E-state index contributed by atoms with van der Waals surface area (Å²) in [5, 5.41) is 0. The molecular weight excluding hydrogens is 234 g/mol. The molecule has 0 saturated carbocycles. The standard InChI is InChI=1S/C13H21NO4/c1-9(15)7-11(16)10-5-6-14(8-10)12(17)18-13(2,3)4/h10H,5-8H2,1-4H3. The molecule has 0 aliphatic carbocycles. The van der Waals surface area contributed by atoms with E-state index < -0.39 is 5.60 Å². The van der Waals surface area contributed by atoms with Crippen molar-refractivity contribution in [3.63, 3.8) is 0 Å². The van der Waals surface area contributed by atoms with Crippen LogP contribution in [0.15, 0.2) is 0 Å². The van der Waals surface area contributed by atoms with Gasteiger partial charge in [-0.05, 0) is 34.1 Å². The van der Waals surface area contributed by atoms with Crippen LogP contribution in [0.1, 0.15) is 40.5 Å². The second-order valence-corrected chi connectivity index (χ2v) is 5.76. The topological polar surface area (TPSA) is 63.7 Å². The summed E-state index contributed by atoms with van der Waals surface area (Å²) in [6.07, 6.45) is 0.193. The van der Waals surface area contributed by atoms with Gasteiger partial charge in [-0.3, -0.25) is 9.59 Å². The Labute approximate surface area is 107 Å². The summed E-state index contributed by atoms with van der Waals surface area (Å²) in [6, 6.07) is 0. The van der Waals surface area contributed by atoms with Crippen LogP contribution in [0.2, 0.25) is 0 Å². The molecule has 0 aromatic carbocycles. The van der Waals surface area contributed by atoms with Gasteiger partial charge in [0.2, 0.25) is 0 Å². The number of ketones is 2. The van der Waals surface area contributed by atoms with Crippen LogP contribution >= 0.6 is 0 Å². The lowest BCUT2D eigenvalue weighted by Gasteiger charge is -2.24. The number of carbonyl (C=O) groups excluding carboxylic acids is 3. The van der Waals surface area contributed by atoms with Gasteiger partial charge >= 0.3 is 6.09 Å². The smallest absolute Gasteiger partial charge is 0.410 e. The predicted octanol–water partition coefficient (Wildman–Crippen LogP) is 1.79. The highest BCUT2D eigenvalue weighted by Gasteiger charge is 2.33. The molecule has 1 unspecified atom stereocenters. The number of rotatable bonds is 3. The van der Waals surface area contributed by atoms with Gasteiger partial charge in [-0.25, -0.2) is 4.79 Å². The van der Waals surface area contributed by atoms with Gasteiger partial charge in [-0.2, -0.15) is 0 Å². The van der Waals surface area contributed by atoms with Crippen molar-refractivity contribution in [3.05, 3.63) is 0 Å². The van der Waals surface area contributed by atoms with Gasteiger partial charge in [0, 0.05) is 19.0 Å². The maximum absolute atomic E-state index is 11.8. The lowest BCUT2D eigenvalue weighted by molar-refractivity contribution is -0.128. The first-order valence-electron chi connectivity index (χ1n) is 6.19. The van der Waals surface area contributed by atoms with Crippen molar-refractivity contribution in [2.75, 3.05) is 13.1 Å². The van der Waals surface area contributed by atoms with E-state index in [0.29, 0.717) is 19.5 Å². The van der Waals surface area contributed by atoms with Crippen molar-refractivity contribution in [1.29, 1.82) is 0 Å². The van der Waals surface area contributed by atoms with Gasteiger partial charge in [0.25, 0.3) is 0 Å². The lowest BCUT2D eigenvalue weighted by atomic mass is 10.00. The Hall–Kier alpha value is -1.39. The van der Waals surface area contributed by atoms with Crippen LogP contribution in [-0.4, -0.2) is 41.3 Å². The Balaban J connectivity index is 2.48. The fourth-order valence-corrected chi connectivity index (χ4v) is 1.91. The molecule has 1 aliphatic rings. The van der Waals surface area contributed by atoms with Crippen molar-refractivity contribution in [2.24, 2.45) is 5.92 Å². The molecule has 102 valence electrons. The summed E-state index contributed by atoms with van der Waals surface area (Å²) in [5.41, 5.74) is -0.529. The minimum absolute atomic E-state index is 0.0349. The maximum Gasteiger partial charge on any atom is 0.410 e. The number of hydrogen-bond donors (Lipinski definition) is 0. The van der Waals surface area contributed by atoms with Crippen molar-refractivity contribution in [3.8, 4) is 0 Å². The summed E-state index contributed by atoms with van der Waals surface area (Å²) < 4.78 is 5.24. The minimum Gasteiger partial charge on any atom is -0.444 e. The molecule has 1 saturated heterocycles. The Morgan fingerprint density at radius 2 is 1.89 bits per heavy atom. The van der Waals surface area contributed by atoms with E-state index in [2.05, 4.69) is 0 Å². The average molecular weight is 255 g/mol. The fraction of sp³-hybridized carbons (Fsp3) is 0.769. The molecule has 0 aromatic heterocycles. The van der Waals surface area contributed by atoms with E-state index in [1.54, 1.807) is 20.8 Å². The Morgan fingerprint density at radius 3 is 2.39 bits per heavy atom. The van der Waals surface area contributed by atoms with Crippen LogP contribution in [0, 0.1) is 5.92 Å². The average Bonchev–Trinajstić information content (AvgIpc) is 2.61. The van der Waals surface area contributed by atoms with Crippen LogP contribution in [0.5, 0.6) is 0 Å². The van der Waals surface area contributed by atoms with E-state index in [1.807, 2.05) is 0 Å². The number of carbonyl (C=O) groups is 3.